The highest BCUT2D eigenvalue weighted by molar-refractivity contribution is 5.85. The second-order valence-electron chi connectivity index (χ2n) is 6.90. The topological polar surface area (TPSA) is 44.4 Å². The van der Waals surface area contributed by atoms with Crippen LogP contribution < -0.4 is 10.6 Å². The molecule has 134 valence electrons. The van der Waals surface area contributed by atoms with Gasteiger partial charge >= 0.3 is 0 Å². The molecule has 2 aliphatic heterocycles. The van der Waals surface area contributed by atoms with Crippen LogP contribution in [0, 0.1) is 0 Å². The van der Waals surface area contributed by atoms with Crippen LogP contribution in [-0.2, 0) is 11.2 Å². The minimum atomic E-state index is -0.0524. The maximum Gasteiger partial charge on any atom is 0.238 e. The number of benzene rings is 1. The molecule has 2 N–H and O–H groups in total. The minimum Gasteiger partial charge on any atom is -0.348 e. The number of nitrogens with one attached hydrogen (secondary N) is 2. The summed E-state index contributed by atoms with van der Waals surface area (Å²) in [5.41, 5.74) is 2.72. The fraction of sp³-hybridized carbons (Fsp3) is 0.611. The van der Waals surface area contributed by atoms with E-state index >= 15 is 0 Å². The molecule has 1 aromatic rings. The van der Waals surface area contributed by atoms with E-state index in [0.29, 0.717) is 6.04 Å². The Hall–Kier alpha value is -0.810. The number of aryl methyl sites for hydroxylation is 1. The van der Waals surface area contributed by atoms with Gasteiger partial charge in [-0.1, -0.05) is 24.3 Å². The van der Waals surface area contributed by atoms with Gasteiger partial charge in [-0.25, -0.2) is 0 Å². The molecule has 2 saturated heterocycles. The van der Waals surface area contributed by atoms with E-state index < -0.39 is 0 Å². The third-order valence-electron chi connectivity index (χ3n) is 5.52. The lowest BCUT2D eigenvalue weighted by molar-refractivity contribution is -0.125. The second kappa shape index (κ2) is 8.52. The van der Waals surface area contributed by atoms with E-state index in [4.69, 9.17) is 0 Å². The Labute approximate surface area is 156 Å². The summed E-state index contributed by atoms with van der Waals surface area (Å²) in [5, 5.41) is 6.75. The van der Waals surface area contributed by atoms with Crippen molar-refractivity contribution in [3.05, 3.63) is 35.4 Å². The van der Waals surface area contributed by atoms with E-state index in [2.05, 4.69) is 39.8 Å². The fourth-order valence-corrected chi connectivity index (χ4v) is 4.30. The Morgan fingerprint density at radius 3 is 2.88 bits per heavy atom. The molecule has 0 radical (unpaired) electrons. The molecule has 2 heterocycles. The zero-order valence-electron chi connectivity index (χ0n) is 13.9. The molecular formula is C18H27Cl2N3O. The average Bonchev–Trinajstić information content (AvgIpc) is 3.02. The molecule has 0 saturated carbocycles. The van der Waals surface area contributed by atoms with Crippen molar-refractivity contribution in [1.82, 2.24) is 15.5 Å². The average molecular weight is 372 g/mol. The summed E-state index contributed by atoms with van der Waals surface area (Å²) in [5.74, 6) is 0.173. The Balaban J connectivity index is 0.00000104. The normalized spacial score (nSPS) is 28.8. The molecule has 0 aromatic heterocycles. The molecule has 3 atom stereocenters. The Morgan fingerprint density at radius 1 is 1.17 bits per heavy atom. The van der Waals surface area contributed by atoms with Crippen LogP contribution in [-0.4, -0.2) is 42.5 Å². The predicted octanol–water partition coefficient (Wildman–Crippen LogP) is 2.46. The number of hydrogen-bond donors (Lipinski definition) is 2. The molecule has 4 rings (SSSR count). The van der Waals surface area contributed by atoms with Crippen molar-refractivity contribution in [2.45, 2.75) is 50.2 Å². The SMILES string of the molecule is Cl.Cl.O=C(N[C@@H]1CCCc2ccccc21)[C@@H]1CN2CCC[C@H]2CN1. The number of amides is 1. The zero-order valence-corrected chi connectivity index (χ0v) is 15.5. The lowest BCUT2D eigenvalue weighted by Crippen LogP contribution is -2.59. The number of piperazine rings is 1. The Bertz CT molecular complexity index is 569. The summed E-state index contributed by atoms with van der Waals surface area (Å²) in [6.07, 6.45) is 5.91. The first-order valence-corrected chi connectivity index (χ1v) is 8.67. The fourth-order valence-electron chi connectivity index (χ4n) is 4.30. The van der Waals surface area contributed by atoms with Gasteiger partial charge in [0.15, 0.2) is 0 Å². The third-order valence-corrected chi connectivity index (χ3v) is 5.52. The molecule has 24 heavy (non-hydrogen) atoms. The van der Waals surface area contributed by atoms with Gasteiger partial charge in [-0.05, 0) is 49.8 Å². The number of carbonyl (C=O) groups excluding carboxylic acids is 1. The predicted molar refractivity (Wildman–Crippen MR) is 101 cm³/mol. The molecule has 1 aliphatic carbocycles. The molecule has 6 heteroatoms. The van der Waals surface area contributed by atoms with E-state index in [0.717, 1.165) is 38.9 Å². The standard InChI is InChI=1S/C18H25N3O.2ClH/c22-18(17-12-21-10-4-7-14(21)11-19-17)20-16-9-3-6-13-5-1-2-8-15(13)16;;/h1-2,5,8,14,16-17,19H,3-4,6-7,9-12H2,(H,20,22);2*1H/t14-,16+,17-;;/m0../s1. The maximum absolute atomic E-state index is 12.7. The maximum atomic E-state index is 12.7. The van der Waals surface area contributed by atoms with Gasteiger partial charge in [0.05, 0.1) is 12.1 Å². The Morgan fingerprint density at radius 2 is 2.00 bits per heavy atom. The first-order chi connectivity index (χ1) is 10.8. The highest BCUT2D eigenvalue weighted by Gasteiger charge is 2.35. The van der Waals surface area contributed by atoms with Crippen LogP contribution >= 0.6 is 24.8 Å². The largest absolute Gasteiger partial charge is 0.348 e. The van der Waals surface area contributed by atoms with E-state index in [1.807, 2.05) is 0 Å². The zero-order chi connectivity index (χ0) is 14.9. The van der Waals surface area contributed by atoms with Crippen molar-refractivity contribution in [2.24, 2.45) is 0 Å². The smallest absolute Gasteiger partial charge is 0.238 e. The summed E-state index contributed by atoms with van der Waals surface area (Å²) >= 11 is 0. The van der Waals surface area contributed by atoms with Crippen LogP contribution in [0.25, 0.3) is 0 Å². The van der Waals surface area contributed by atoms with Gasteiger partial charge in [0, 0.05) is 19.1 Å². The minimum absolute atomic E-state index is 0. The summed E-state index contributed by atoms with van der Waals surface area (Å²) in [7, 11) is 0. The lowest BCUT2D eigenvalue weighted by Gasteiger charge is -2.36. The third kappa shape index (κ3) is 3.88. The molecule has 0 unspecified atom stereocenters. The summed E-state index contributed by atoms with van der Waals surface area (Å²) in [4.78, 5) is 15.1. The van der Waals surface area contributed by atoms with Gasteiger partial charge in [-0.15, -0.1) is 24.8 Å². The molecule has 4 nitrogen and oxygen atoms in total. The van der Waals surface area contributed by atoms with E-state index in [9.17, 15) is 4.79 Å². The van der Waals surface area contributed by atoms with Crippen LogP contribution in [0.1, 0.15) is 42.9 Å². The van der Waals surface area contributed by atoms with Crippen molar-refractivity contribution in [3.8, 4) is 0 Å². The van der Waals surface area contributed by atoms with Crippen LogP contribution in [0.2, 0.25) is 0 Å². The van der Waals surface area contributed by atoms with E-state index in [1.165, 1.54) is 24.0 Å². The molecular weight excluding hydrogens is 345 g/mol. The second-order valence-corrected chi connectivity index (χ2v) is 6.90. The summed E-state index contributed by atoms with van der Waals surface area (Å²) in [6, 6.07) is 9.33. The summed E-state index contributed by atoms with van der Waals surface area (Å²) in [6.45, 7) is 2.98. The van der Waals surface area contributed by atoms with Crippen molar-refractivity contribution >= 4 is 30.7 Å². The first kappa shape index (κ1) is 19.5. The Kier molecular flexibility index (Phi) is 6.93. The lowest BCUT2D eigenvalue weighted by atomic mass is 9.87. The number of hydrogen-bond acceptors (Lipinski definition) is 3. The highest BCUT2D eigenvalue weighted by Crippen LogP contribution is 2.29. The van der Waals surface area contributed by atoms with Crippen LogP contribution in [0.5, 0.6) is 0 Å². The van der Waals surface area contributed by atoms with Gasteiger partial charge in [0.1, 0.15) is 0 Å². The van der Waals surface area contributed by atoms with Gasteiger partial charge in [0.25, 0.3) is 0 Å². The van der Waals surface area contributed by atoms with Crippen LogP contribution in [0.4, 0.5) is 0 Å². The molecule has 1 amide bonds. The van der Waals surface area contributed by atoms with E-state index in [1.54, 1.807) is 0 Å². The molecule has 1 aromatic carbocycles. The number of halogens is 2. The number of rotatable bonds is 2. The van der Waals surface area contributed by atoms with Gasteiger partial charge in [-0.2, -0.15) is 0 Å². The number of nitrogens with zero attached hydrogens (tertiary/aromatic N) is 1. The van der Waals surface area contributed by atoms with Crippen molar-refractivity contribution in [2.75, 3.05) is 19.6 Å². The number of carbonyl (C=O) groups is 1. The van der Waals surface area contributed by atoms with E-state index in [-0.39, 0.29) is 42.8 Å². The molecule has 0 spiro atoms. The molecule has 2 fully saturated rings. The van der Waals surface area contributed by atoms with Gasteiger partial charge < -0.3 is 10.6 Å². The molecule has 0 bridgehead atoms. The number of fused-ring (bicyclic) bond motifs is 2. The van der Waals surface area contributed by atoms with Crippen LogP contribution in [0.15, 0.2) is 24.3 Å². The molecule has 3 aliphatic rings. The van der Waals surface area contributed by atoms with Crippen molar-refractivity contribution in [3.63, 3.8) is 0 Å². The quantitative estimate of drug-likeness (QED) is 0.838. The monoisotopic (exact) mass is 371 g/mol. The van der Waals surface area contributed by atoms with Crippen molar-refractivity contribution in [1.29, 1.82) is 0 Å². The van der Waals surface area contributed by atoms with Gasteiger partial charge in [-0.3, -0.25) is 9.69 Å². The first-order valence-electron chi connectivity index (χ1n) is 8.67. The van der Waals surface area contributed by atoms with Crippen LogP contribution in [0.3, 0.4) is 0 Å². The van der Waals surface area contributed by atoms with Crippen molar-refractivity contribution < 1.29 is 4.79 Å². The van der Waals surface area contributed by atoms with Gasteiger partial charge in [0.2, 0.25) is 5.91 Å². The highest BCUT2D eigenvalue weighted by atomic mass is 35.5. The summed E-state index contributed by atoms with van der Waals surface area (Å²) < 4.78 is 0.